The highest BCUT2D eigenvalue weighted by Gasteiger charge is 2.43. The Morgan fingerprint density at radius 2 is 1.81 bits per heavy atom. The van der Waals surface area contributed by atoms with Crippen molar-refractivity contribution in [2.24, 2.45) is 17.6 Å². The zero-order valence-corrected chi connectivity index (χ0v) is 21.3. The van der Waals surface area contributed by atoms with Crippen molar-refractivity contribution in [3.05, 3.63) is 35.0 Å². The van der Waals surface area contributed by atoms with Gasteiger partial charge in [0.15, 0.2) is 0 Å². The third-order valence-corrected chi connectivity index (χ3v) is 10.4. The van der Waals surface area contributed by atoms with Crippen LogP contribution in [0.4, 0.5) is 22.2 Å². The normalized spacial score (nSPS) is 27.1. The quantitative estimate of drug-likeness (QED) is 0.546. The van der Waals surface area contributed by atoms with Gasteiger partial charge in [0.25, 0.3) is 0 Å². The van der Waals surface area contributed by atoms with Crippen molar-refractivity contribution in [1.29, 1.82) is 0 Å². The van der Waals surface area contributed by atoms with Crippen LogP contribution in [0.2, 0.25) is 0 Å². The van der Waals surface area contributed by atoms with Gasteiger partial charge in [0, 0.05) is 62.4 Å². The molecule has 3 fully saturated rings. The summed E-state index contributed by atoms with van der Waals surface area (Å²) < 4.78 is 12.8. The Labute approximate surface area is 213 Å². The minimum Gasteiger partial charge on any atom is -0.371 e. The van der Waals surface area contributed by atoms with Crippen LogP contribution in [0.25, 0.3) is 0 Å². The van der Waals surface area contributed by atoms with E-state index >= 15 is 0 Å². The maximum atomic E-state index is 12.8. The monoisotopic (exact) mass is 507 g/mol. The largest absolute Gasteiger partial charge is 0.371 e. The summed E-state index contributed by atoms with van der Waals surface area (Å²) in [5.74, 6) is 3.20. The van der Waals surface area contributed by atoms with Crippen molar-refractivity contribution in [3.63, 3.8) is 0 Å². The average molecular weight is 508 g/mol. The van der Waals surface area contributed by atoms with Crippen molar-refractivity contribution < 1.29 is 9.00 Å². The fourth-order valence-electron chi connectivity index (χ4n) is 6.61. The molecular formula is C26H33N7O2S. The Morgan fingerprint density at radius 3 is 2.44 bits per heavy atom. The van der Waals surface area contributed by atoms with E-state index in [1.807, 2.05) is 0 Å². The van der Waals surface area contributed by atoms with Crippen LogP contribution in [0.3, 0.4) is 0 Å². The first kappa shape index (κ1) is 22.3. The number of carbonyl (C=O) groups is 1. The number of benzene rings is 1. The molecule has 190 valence electrons. The van der Waals surface area contributed by atoms with E-state index in [1.54, 1.807) is 0 Å². The molecule has 1 aromatic heterocycles. The lowest BCUT2D eigenvalue weighted by atomic mass is 9.76. The second kappa shape index (κ2) is 8.33. The molecule has 5 aliphatic rings. The molecule has 9 nitrogen and oxygen atoms in total. The predicted molar refractivity (Wildman–Crippen MR) is 140 cm³/mol. The molecule has 36 heavy (non-hydrogen) atoms. The van der Waals surface area contributed by atoms with Gasteiger partial charge in [0.1, 0.15) is 10.7 Å². The molecule has 2 aliphatic carbocycles. The lowest BCUT2D eigenvalue weighted by Crippen LogP contribution is -2.54. The number of rotatable bonds is 6. The molecule has 0 spiro atoms. The molecule has 2 amide bonds. The molecule has 4 N–H and O–H groups in total. The lowest BCUT2D eigenvalue weighted by molar-refractivity contribution is 0.233. The Morgan fingerprint density at radius 1 is 1.06 bits per heavy atom. The number of aromatic nitrogens is 2. The highest BCUT2D eigenvalue weighted by atomic mass is 32.2. The van der Waals surface area contributed by atoms with E-state index in [0.717, 1.165) is 62.0 Å². The number of nitrogens with one attached hydrogen (secondary N) is 2. The molecule has 2 unspecified atom stereocenters. The summed E-state index contributed by atoms with van der Waals surface area (Å²) in [5, 5.41) is 6.34. The fourth-order valence-corrected chi connectivity index (χ4v) is 7.92. The van der Waals surface area contributed by atoms with Crippen LogP contribution in [-0.2, 0) is 30.1 Å². The van der Waals surface area contributed by atoms with Gasteiger partial charge in [-0.3, -0.25) is 4.21 Å². The Balaban J connectivity index is 1.10. The number of nitrogens with two attached hydrogens (primary N) is 1. The van der Waals surface area contributed by atoms with Crippen molar-refractivity contribution in [2.75, 3.05) is 53.6 Å². The molecule has 3 atom stereocenters. The highest BCUT2D eigenvalue weighted by molar-refractivity contribution is 7.85. The molecule has 1 saturated carbocycles. The summed E-state index contributed by atoms with van der Waals surface area (Å²) in [6.07, 6.45) is 6.07. The van der Waals surface area contributed by atoms with Crippen LogP contribution >= 0.6 is 0 Å². The minimum atomic E-state index is -1.10. The molecule has 10 heteroatoms. The second-order valence-corrected chi connectivity index (χ2v) is 12.7. The van der Waals surface area contributed by atoms with Gasteiger partial charge in [-0.05, 0) is 55.4 Å². The summed E-state index contributed by atoms with van der Waals surface area (Å²) in [6, 6.07) is 6.46. The molecular weight excluding hydrogens is 474 g/mol. The zero-order chi connectivity index (χ0) is 24.4. The Bertz CT molecular complexity index is 1250. The number of carbonyl (C=O) groups excluding carboxylic acids is 1. The molecule has 0 radical (unpaired) electrons. The number of hydrogen-bond donors (Lipinski definition) is 3. The molecule has 2 saturated heterocycles. The summed E-state index contributed by atoms with van der Waals surface area (Å²) in [7, 11) is -1.10. The van der Waals surface area contributed by atoms with E-state index in [0.29, 0.717) is 36.4 Å². The summed E-state index contributed by atoms with van der Waals surface area (Å²) in [6.45, 7) is 4.48. The van der Waals surface area contributed by atoms with Gasteiger partial charge in [-0.15, -0.1) is 0 Å². The van der Waals surface area contributed by atoms with E-state index in [4.69, 9.17) is 15.7 Å². The predicted octanol–water partition coefficient (Wildman–Crippen LogP) is 1.81. The first-order valence-corrected chi connectivity index (χ1v) is 14.5. The van der Waals surface area contributed by atoms with Crippen LogP contribution in [-0.4, -0.2) is 64.2 Å². The van der Waals surface area contributed by atoms with Crippen molar-refractivity contribution in [3.8, 4) is 0 Å². The van der Waals surface area contributed by atoms with Crippen LogP contribution in [0.15, 0.2) is 23.1 Å². The molecule has 0 bridgehead atoms. The van der Waals surface area contributed by atoms with E-state index in [1.165, 1.54) is 29.7 Å². The van der Waals surface area contributed by atoms with Crippen molar-refractivity contribution in [2.45, 2.75) is 49.0 Å². The zero-order valence-electron chi connectivity index (χ0n) is 20.5. The number of anilines is 3. The summed E-state index contributed by atoms with van der Waals surface area (Å²) in [4.78, 5) is 26.8. The number of primary amides is 1. The maximum absolute atomic E-state index is 12.8. The van der Waals surface area contributed by atoms with Crippen molar-refractivity contribution in [1.82, 2.24) is 15.3 Å². The number of amides is 2. The fraction of sp³-hybridized carbons (Fsp3) is 0.577. The van der Waals surface area contributed by atoms with Gasteiger partial charge in [-0.1, -0.05) is 6.07 Å². The van der Waals surface area contributed by atoms with Crippen molar-refractivity contribution >= 4 is 34.3 Å². The minimum absolute atomic E-state index is 0.291. The van der Waals surface area contributed by atoms with Gasteiger partial charge >= 0.3 is 6.03 Å². The maximum Gasteiger partial charge on any atom is 0.312 e. The van der Waals surface area contributed by atoms with Gasteiger partial charge in [-0.2, -0.15) is 4.98 Å². The number of urea groups is 1. The SMILES string of the molecule is NC(=O)NCC1(Nc2nc(N3CC4CN(c5ccc6c(c5)CC6)CC4C3)nc3c2[S@@](=O)CC3)CCC1. The van der Waals surface area contributed by atoms with E-state index < -0.39 is 16.8 Å². The molecule has 1 aromatic carbocycles. The lowest BCUT2D eigenvalue weighted by Gasteiger charge is -2.43. The van der Waals surface area contributed by atoms with Crippen LogP contribution in [0, 0.1) is 11.8 Å². The molecule has 4 heterocycles. The summed E-state index contributed by atoms with van der Waals surface area (Å²) >= 11 is 0. The number of nitrogens with zero attached hydrogens (tertiary/aromatic N) is 4. The van der Waals surface area contributed by atoms with Gasteiger partial charge < -0.3 is 26.2 Å². The third-order valence-electron chi connectivity index (χ3n) is 8.96. The number of fused-ring (bicyclic) bond motifs is 3. The second-order valence-electron chi connectivity index (χ2n) is 11.2. The van der Waals surface area contributed by atoms with Gasteiger partial charge in [0.05, 0.1) is 22.0 Å². The van der Waals surface area contributed by atoms with E-state index in [9.17, 15) is 9.00 Å². The number of hydrogen-bond acceptors (Lipinski definition) is 7. The standard InChI is InChI=1S/C26H33N7O2S/c27-24(34)28-15-26(7-1-8-26)31-23-22-21(6-9-36(22)35)29-25(30-23)33-13-18-11-32(12-19(18)14-33)20-5-4-16-2-3-17(16)10-20/h4-5,10,18-19H,1-3,6-9,11-15H2,(H3,27,28,34)(H,29,30,31)/t18?,19?,36-/m0/s1. The average Bonchev–Trinajstić information content (AvgIpc) is 3.49. The van der Waals surface area contributed by atoms with E-state index in [2.05, 4.69) is 38.6 Å². The smallest absolute Gasteiger partial charge is 0.312 e. The topological polar surface area (TPSA) is 116 Å². The third kappa shape index (κ3) is 3.72. The Hall–Kier alpha value is -2.88. The highest BCUT2D eigenvalue weighted by Crippen LogP contribution is 2.40. The Kier molecular flexibility index (Phi) is 5.16. The summed E-state index contributed by atoms with van der Waals surface area (Å²) in [5.41, 5.74) is 10.3. The molecule has 2 aromatic rings. The van der Waals surface area contributed by atoms with Crippen LogP contribution in [0.5, 0.6) is 0 Å². The van der Waals surface area contributed by atoms with E-state index in [-0.39, 0.29) is 5.54 Å². The first-order chi connectivity index (χ1) is 17.5. The van der Waals surface area contributed by atoms with Gasteiger partial charge in [-0.25, -0.2) is 9.78 Å². The number of aryl methyl sites for hydroxylation is 3. The van der Waals surface area contributed by atoms with Crippen LogP contribution in [0.1, 0.15) is 36.1 Å². The van der Waals surface area contributed by atoms with Crippen LogP contribution < -0.4 is 26.2 Å². The molecule has 7 rings (SSSR count). The molecule has 3 aliphatic heterocycles. The van der Waals surface area contributed by atoms with Gasteiger partial charge in [0.2, 0.25) is 5.95 Å². The first-order valence-electron chi connectivity index (χ1n) is 13.2.